The van der Waals surface area contributed by atoms with E-state index in [1.807, 2.05) is 60.7 Å². The minimum absolute atomic E-state index is 0.574. The minimum Gasteiger partial charge on any atom is -0.497 e. The fourth-order valence-corrected chi connectivity index (χ4v) is 8.67. The highest BCUT2D eigenvalue weighted by Crippen LogP contribution is 2.33. The Morgan fingerprint density at radius 2 is 1.03 bits per heavy atom. The van der Waals surface area contributed by atoms with Gasteiger partial charge in [-0.05, 0) is 17.3 Å². The van der Waals surface area contributed by atoms with Crippen molar-refractivity contribution in [2.45, 2.75) is 0 Å². The first kappa shape index (κ1) is 21.9. The summed E-state index contributed by atoms with van der Waals surface area (Å²) < 4.78 is 28.4. The SMILES string of the molecule is COc1cc(OC)c([Si@](Cl)(c2ccccc2)c2c(OC)cccc2OC)c(OC)c1. The molecular weight excluding hydrogens is 420 g/mol. The Morgan fingerprint density at radius 1 is 0.567 bits per heavy atom. The molecule has 0 saturated carbocycles. The van der Waals surface area contributed by atoms with Crippen LogP contribution in [0.2, 0.25) is 0 Å². The molecule has 0 heterocycles. The number of benzene rings is 3. The molecule has 0 unspecified atom stereocenters. The van der Waals surface area contributed by atoms with Gasteiger partial charge >= 0.3 is 0 Å². The smallest absolute Gasteiger partial charge is 0.263 e. The van der Waals surface area contributed by atoms with Gasteiger partial charge in [-0.1, -0.05) is 36.4 Å². The summed E-state index contributed by atoms with van der Waals surface area (Å²) in [5.74, 6) is 3.04. The van der Waals surface area contributed by atoms with E-state index in [9.17, 15) is 0 Å². The van der Waals surface area contributed by atoms with Crippen LogP contribution in [-0.2, 0) is 0 Å². The van der Waals surface area contributed by atoms with Crippen molar-refractivity contribution in [1.29, 1.82) is 0 Å². The maximum atomic E-state index is 7.72. The van der Waals surface area contributed by atoms with Gasteiger partial charge < -0.3 is 23.7 Å². The normalized spacial score (nSPS) is 12.6. The van der Waals surface area contributed by atoms with Crippen LogP contribution in [0.4, 0.5) is 0 Å². The predicted molar refractivity (Wildman–Crippen MR) is 123 cm³/mol. The summed E-state index contributed by atoms with van der Waals surface area (Å²) in [5.41, 5.74) is 0. The standard InChI is InChI=1S/C23H25ClO5Si/c1-25-16-14-20(28-4)23(21(15-16)29-5)30(24,17-10-7-6-8-11-17)22-18(26-2)12-9-13-19(22)27-3/h6-15H,1-5H3/t30-/m0/s1. The molecule has 0 N–H and O–H groups in total. The second-order valence-corrected chi connectivity index (χ2v) is 11.1. The van der Waals surface area contributed by atoms with Crippen molar-refractivity contribution in [3.63, 3.8) is 0 Å². The van der Waals surface area contributed by atoms with E-state index in [1.54, 1.807) is 35.5 Å². The van der Waals surface area contributed by atoms with Crippen molar-refractivity contribution in [3.05, 3.63) is 60.7 Å². The van der Waals surface area contributed by atoms with E-state index >= 15 is 0 Å². The van der Waals surface area contributed by atoms with E-state index in [2.05, 4.69) is 0 Å². The molecule has 0 bridgehead atoms. The first-order chi connectivity index (χ1) is 14.5. The molecule has 0 aromatic heterocycles. The third-order valence-electron chi connectivity index (χ3n) is 5.00. The van der Waals surface area contributed by atoms with Gasteiger partial charge in [-0.15, -0.1) is 11.1 Å². The maximum absolute atomic E-state index is 7.72. The zero-order chi connectivity index (χ0) is 21.7. The van der Waals surface area contributed by atoms with E-state index in [-0.39, 0.29) is 0 Å². The minimum atomic E-state index is -3.26. The molecule has 0 spiro atoms. The summed E-state index contributed by atoms with van der Waals surface area (Å²) in [6.45, 7) is 0. The van der Waals surface area contributed by atoms with Crippen LogP contribution in [0.5, 0.6) is 28.7 Å². The van der Waals surface area contributed by atoms with Gasteiger partial charge in [0, 0.05) is 22.5 Å². The molecule has 0 fully saturated rings. The van der Waals surface area contributed by atoms with Crippen LogP contribution in [-0.4, -0.2) is 42.9 Å². The van der Waals surface area contributed by atoms with E-state index in [0.29, 0.717) is 28.7 Å². The van der Waals surface area contributed by atoms with Crippen LogP contribution in [0.3, 0.4) is 0 Å². The largest absolute Gasteiger partial charge is 0.497 e. The molecule has 3 aromatic rings. The lowest BCUT2D eigenvalue weighted by Crippen LogP contribution is -2.64. The highest BCUT2D eigenvalue weighted by atomic mass is 35.6. The fraction of sp³-hybridized carbons (Fsp3) is 0.217. The summed E-state index contributed by atoms with van der Waals surface area (Å²) in [6.07, 6.45) is 0. The number of halogens is 1. The molecular formula is C23H25ClO5Si. The second kappa shape index (κ2) is 9.32. The lowest BCUT2D eigenvalue weighted by molar-refractivity contribution is 0.379. The number of rotatable bonds is 8. The average molecular weight is 445 g/mol. The summed E-state index contributed by atoms with van der Waals surface area (Å²) >= 11 is 7.72. The Balaban J connectivity index is 2.50. The topological polar surface area (TPSA) is 46.2 Å². The van der Waals surface area contributed by atoms with Crippen molar-refractivity contribution in [2.75, 3.05) is 35.5 Å². The molecule has 158 valence electrons. The summed E-state index contributed by atoms with van der Waals surface area (Å²) in [4.78, 5) is 0. The summed E-state index contributed by atoms with van der Waals surface area (Å²) in [6, 6.07) is 19.2. The Morgan fingerprint density at radius 3 is 1.47 bits per heavy atom. The van der Waals surface area contributed by atoms with Crippen LogP contribution in [0.15, 0.2) is 60.7 Å². The number of hydrogen-bond acceptors (Lipinski definition) is 5. The van der Waals surface area contributed by atoms with Gasteiger partial charge in [0.15, 0.2) is 0 Å². The summed E-state index contributed by atoms with van der Waals surface area (Å²) in [7, 11) is 4.79. The fourth-order valence-electron chi connectivity index (χ4n) is 3.62. The molecule has 3 aromatic carbocycles. The highest BCUT2D eigenvalue weighted by molar-refractivity contribution is 7.41. The third-order valence-corrected chi connectivity index (χ3v) is 10.3. The lowest BCUT2D eigenvalue weighted by Gasteiger charge is -2.31. The Labute approximate surface area is 182 Å². The van der Waals surface area contributed by atoms with Gasteiger partial charge in [-0.25, -0.2) is 0 Å². The van der Waals surface area contributed by atoms with Crippen molar-refractivity contribution in [3.8, 4) is 28.7 Å². The van der Waals surface area contributed by atoms with Crippen LogP contribution in [0.1, 0.15) is 0 Å². The van der Waals surface area contributed by atoms with Crippen LogP contribution >= 0.6 is 11.1 Å². The molecule has 5 nitrogen and oxygen atoms in total. The molecule has 7 heteroatoms. The van der Waals surface area contributed by atoms with Crippen LogP contribution < -0.4 is 39.2 Å². The van der Waals surface area contributed by atoms with Gasteiger partial charge in [0.05, 0.1) is 35.5 Å². The quantitative estimate of drug-likeness (QED) is 0.304. The zero-order valence-electron chi connectivity index (χ0n) is 17.7. The first-order valence-electron chi connectivity index (χ1n) is 9.31. The van der Waals surface area contributed by atoms with E-state index in [1.165, 1.54) is 0 Å². The van der Waals surface area contributed by atoms with Crippen molar-refractivity contribution < 1.29 is 23.7 Å². The van der Waals surface area contributed by atoms with E-state index in [4.69, 9.17) is 34.8 Å². The molecule has 0 saturated heterocycles. The van der Waals surface area contributed by atoms with E-state index in [0.717, 1.165) is 15.6 Å². The third kappa shape index (κ3) is 3.68. The van der Waals surface area contributed by atoms with Gasteiger partial charge in [0.1, 0.15) is 28.7 Å². The molecule has 1 atom stereocenters. The van der Waals surface area contributed by atoms with Gasteiger partial charge in [-0.2, -0.15) is 0 Å². The maximum Gasteiger partial charge on any atom is 0.263 e. The molecule has 0 radical (unpaired) electrons. The Kier molecular flexibility index (Phi) is 6.79. The van der Waals surface area contributed by atoms with Crippen molar-refractivity contribution in [1.82, 2.24) is 0 Å². The van der Waals surface area contributed by atoms with E-state index < -0.39 is 7.38 Å². The van der Waals surface area contributed by atoms with Gasteiger partial charge in [0.2, 0.25) is 0 Å². The van der Waals surface area contributed by atoms with Crippen LogP contribution in [0, 0.1) is 0 Å². The molecule has 0 aliphatic heterocycles. The van der Waals surface area contributed by atoms with Gasteiger partial charge in [0.25, 0.3) is 7.38 Å². The first-order valence-corrected chi connectivity index (χ1v) is 12.3. The second-order valence-electron chi connectivity index (χ2n) is 6.47. The number of methoxy groups -OCH3 is 5. The average Bonchev–Trinajstić information content (AvgIpc) is 2.82. The lowest BCUT2D eigenvalue weighted by atomic mass is 10.3. The number of ether oxygens (including phenoxy) is 5. The number of hydrogen-bond donors (Lipinski definition) is 0. The molecule has 3 rings (SSSR count). The molecule has 0 aliphatic rings. The van der Waals surface area contributed by atoms with Gasteiger partial charge in [-0.3, -0.25) is 0 Å². The molecule has 30 heavy (non-hydrogen) atoms. The monoisotopic (exact) mass is 444 g/mol. The molecule has 0 aliphatic carbocycles. The highest BCUT2D eigenvalue weighted by Gasteiger charge is 2.47. The zero-order valence-corrected chi connectivity index (χ0v) is 19.4. The predicted octanol–water partition coefficient (Wildman–Crippen LogP) is 2.94. The Hall–Kier alpha value is -2.83. The van der Waals surface area contributed by atoms with Crippen LogP contribution in [0.25, 0.3) is 0 Å². The summed E-state index contributed by atoms with van der Waals surface area (Å²) in [5, 5.41) is 2.48. The molecule has 0 amide bonds. The Bertz CT molecular complexity index is 964. The van der Waals surface area contributed by atoms with Crippen molar-refractivity contribution >= 4 is 34.0 Å². The van der Waals surface area contributed by atoms with Crippen molar-refractivity contribution in [2.24, 2.45) is 0 Å².